The second-order valence-electron chi connectivity index (χ2n) is 8.93. The van der Waals surface area contributed by atoms with E-state index < -0.39 is 33.5 Å². The third kappa shape index (κ3) is 7.55. The zero-order chi connectivity index (χ0) is 21.5. The van der Waals surface area contributed by atoms with E-state index in [1.807, 2.05) is 0 Å². The van der Waals surface area contributed by atoms with E-state index in [9.17, 15) is 0 Å². The molecule has 0 amide bonds. The zero-order valence-corrected chi connectivity index (χ0v) is 23.5. The summed E-state index contributed by atoms with van der Waals surface area (Å²) in [6.45, 7) is 19.7. The van der Waals surface area contributed by atoms with Crippen LogP contribution in [0.2, 0.25) is 39.3 Å². The maximum atomic E-state index is 4.99. The molecule has 0 aliphatic rings. The third-order valence-corrected chi connectivity index (χ3v) is 11.6. The van der Waals surface area contributed by atoms with Crippen LogP contribution in [-0.2, 0) is 23.6 Å². The van der Waals surface area contributed by atoms with Crippen molar-refractivity contribution in [3.8, 4) is 0 Å². The number of hydrogen-bond donors (Lipinski definition) is 0. The van der Waals surface area contributed by atoms with Crippen molar-refractivity contribution < 1.29 is 17.0 Å². The standard InChI is InChI=1S/C21H33N2Si2.2ClH.Ti/c1-17-12-11-13-18(2)21(17)22-16-19-14-9-10-15-20(19)23(24(3,4)5)25(6,7)8;;;/h9-15H,16H2,1-8H3;2*1H;/q-1;;;+2/p-2. The van der Waals surface area contributed by atoms with Gasteiger partial charge in [-0.25, -0.2) is 0 Å². The molecular formula is C21H33Cl2N2Si2Ti-. The van der Waals surface area contributed by atoms with Gasteiger partial charge in [0.05, 0.1) is 0 Å². The minimum absolute atomic E-state index is 0.556. The van der Waals surface area contributed by atoms with E-state index in [0.29, 0.717) is 0 Å². The van der Waals surface area contributed by atoms with Gasteiger partial charge in [0.1, 0.15) is 16.5 Å². The summed E-state index contributed by atoms with van der Waals surface area (Å²) in [5, 5.41) is 4.99. The number of hydrogen-bond acceptors (Lipinski definition) is 1. The molecule has 0 fully saturated rings. The minimum atomic E-state index is -1.47. The molecule has 0 radical (unpaired) electrons. The molecule has 2 aromatic rings. The van der Waals surface area contributed by atoms with Crippen LogP contribution in [0.3, 0.4) is 0 Å². The molecular weight excluding hydrogens is 455 g/mol. The monoisotopic (exact) mass is 487 g/mol. The summed E-state index contributed by atoms with van der Waals surface area (Å²) >= 11 is -0.556. The Kier molecular flexibility index (Phi) is 10.4. The first-order valence-electron chi connectivity index (χ1n) is 9.51. The number of benzene rings is 2. The van der Waals surface area contributed by atoms with Crippen LogP contribution >= 0.6 is 18.6 Å². The van der Waals surface area contributed by atoms with Gasteiger partial charge in [-0.15, -0.1) is 12.2 Å². The normalized spacial score (nSPS) is 11.4. The Labute approximate surface area is 190 Å². The van der Waals surface area contributed by atoms with Crippen molar-refractivity contribution in [2.45, 2.75) is 59.7 Å². The van der Waals surface area contributed by atoms with Gasteiger partial charge in [-0.05, 0) is 25.5 Å². The molecule has 2 nitrogen and oxygen atoms in total. The molecule has 2 rings (SSSR count). The van der Waals surface area contributed by atoms with Crippen LogP contribution in [0, 0.1) is 13.8 Å². The Hall–Kier alpha value is -0.232. The summed E-state index contributed by atoms with van der Waals surface area (Å²) in [6.07, 6.45) is 0. The predicted octanol–water partition coefficient (Wildman–Crippen LogP) is 8.36. The number of nitrogens with zero attached hydrogens (tertiary/aromatic N) is 2. The van der Waals surface area contributed by atoms with E-state index in [4.69, 9.17) is 23.9 Å². The van der Waals surface area contributed by atoms with E-state index >= 15 is 0 Å². The van der Waals surface area contributed by atoms with Crippen LogP contribution in [-0.4, -0.2) is 16.5 Å². The van der Waals surface area contributed by atoms with Crippen LogP contribution in [0.5, 0.6) is 0 Å². The van der Waals surface area contributed by atoms with Crippen molar-refractivity contribution in [1.29, 1.82) is 0 Å². The molecule has 0 atom stereocenters. The van der Waals surface area contributed by atoms with E-state index in [1.165, 1.54) is 22.4 Å². The number of para-hydroxylation sites is 2. The molecule has 0 unspecified atom stereocenters. The van der Waals surface area contributed by atoms with Crippen molar-refractivity contribution in [2.24, 2.45) is 0 Å². The molecule has 0 spiro atoms. The van der Waals surface area contributed by atoms with Gasteiger partial charge in [0, 0.05) is 5.69 Å². The van der Waals surface area contributed by atoms with Crippen LogP contribution in [0.25, 0.3) is 5.32 Å². The molecule has 0 saturated heterocycles. The summed E-state index contributed by atoms with van der Waals surface area (Å²) in [5.41, 5.74) is 6.39. The quantitative estimate of drug-likeness (QED) is 0.374. The number of halogens is 2. The molecule has 154 valence electrons. The van der Waals surface area contributed by atoms with Crippen molar-refractivity contribution in [1.82, 2.24) is 0 Å². The summed E-state index contributed by atoms with van der Waals surface area (Å²) in [4.78, 5) is 0. The van der Waals surface area contributed by atoms with Gasteiger partial charge >= 0.3 is 35.6 Å². The van der Waals surface area contributed by atoms with Gasteiger partial charge in [0.15, 0.2) is 0 Å². The first kappa shape index (κ1) is 25.8. The van der Waals surface area contributed by atoms with Crippen LogP contribution in [0.1, 0.15) is 16.7 Å². The molecule has 2 aromatic carbocycles. The first-order chi connectivity index (χ1) is 12.9. The van der Waals surface area contributed by atoms with Gasteiger partial charge < -0.3 is 9.55 Å². The molecule has 7 heteroatoms. The summed E-state index contributed by atoms with van der Waals surface area (Å²) in [7, 11) is 6.84. The predicted molar refractivity (Wildman–Crippen MR) is 130 cm³/mol. The molecule has 0 saturated carbocycles. The van der Waals surface area contributed by atoms with Crippen molar-refractivity contribution in [2.75, 3.05) is 4.23 Å². The van der Waals surface area contributed by atoms with Crippen molar-refractivity contribution in [3.05, 3.63) is 64.5 Å². The fraction of sp³-hybridized carbons (Fsp3) is 0.429. The molecule has 0 aliphatic carbocycles. The fourth-order valence-electron chi connectivity index (χ4n) is 3.81. The van der Waals surface area contributed by atoms with E-state index in [1.54, 1.807) is 0 Å². The molecule has 0 aromatic heterocycles. The zero-order valence-electron chi connectivity index (χ0n) is 18.4. The molecule has 0 N–H and O–H groups in total. The molecule has 0 heterocycles. The third-order valence-electron chi connectivity index (χ3n) is 4.42. The summed E-state index contributed by atoms with van der Waals surface area (Å²) in [5.74, 6) is 0. The first-order valence-corrected chi connectivity index (χ1v) is 20.7. The van der Waals surface area contributed by atoms with E-state index in [-0.39, 0.29) is 0 Å². The van der Waals surface area contributed by atoms with Crippen molar-refractivity contribution in [3.63, 3.8) is 0 Å². The number of anilines is 1. The summed E-state index contributed by atoms with van der Waals surface area (Å²) < 4.78 is 2.79. The maximum absolute atomic E-state index is 4.99. The van der Waals surface area contributed by atoms with Crippen LogP contribution in [0.15, 0.2) is 42.5 Å². The molecule has 28 heavy (non-hydrogen) atoms. The Morgan fingerprint density at radius 1 is 0.821 bits per heavy atom. The fourth-order valence-corrected chi connectivity index (χ4v) is 13.7. The van der Waals surface area contributed by atoms with E-state index in [0.717, 1.165) is 12.2 Å². The number of rotatable bonds is 6. The average Bonchev–Trinajstić information content (AvgIpc) is 2.54. The van der Waals surface area contributed by atoms with Crippen LogP contribution < -0.4 is 4.23 Å². The molecule has 0 bridgehead atoms. The Bertz CT molecular complexity index is 725. The average molecular weight is 488 g/mol. The summed E-state index contributed by atoms with van der Waals surface area (Å²) in [6, 6.07) is 15.3. The SMILES string of the molecule is Cc1cccc(C)c1[N-]Cc1ccccc1N([Si](C)(C)C)[Si](C)(C)C.[Cl][Ti][Cl]. The Morgan fingerprint density at radius 2 is 1.29 bits per heavy atom. The van der Waals surface area contributed by atoms with Gasteiger partial charge in [-0.2, -0.15) is 0 Å². The topological polar surface area (TPSA) is 17.3 Å². The van der Waals surface area contributed by atoms with Crippen LogP contribution in [0.4, 0.5) is 11.4 Å². The Balaban J connectivity index is 0.00000122. The van der Waals surface area contributed by atoms with Gasteiger partial charge in [-0.1, -0.05) is 86.8 Å². The Morgan fingerprint density at radius 3 is 1.75 bits per heavy atom. The van der Waals surface area contributed by atoms with Gasteiger partial charge in [0.2, 0.25) is 0 Å². The van der Waals surface area contributed by atoms with Gasteiger partial charge in [-0.3, -0.25) is 0 Å². The number of aryl methyl sites for hydroxylation is 2. The second kappa shape index (κ2) is 11.2. The van der Waals surface area contributed by atoms with E-state index in [2.05, 4.69) is 99.8 Å². The van der Waals surface area contributed by atoms with Crippen molar-refractivity contribution >= 4 is 46.5 Å². The molecule has 0 aliphatic heterocycles. The van der Waals surface area contributed by atoms with Gasteiger partial charge in [0.25, 0.3) is 0 Å². The second-order valence-corrected chi connectivity index (χ2v) is 21.5.